The molecule has 124 valence electrons. The zero-order valence-electron chi connectivity index (χ0n) is 13.2. The molecule has 23 heavy (non-hydrogen) atoms. The van der Waals surface area contributed by atoms with Gasteiger partial charge in [-0.2, -0.15) is 0 Å². The van der Waals surface area contributed by atoms with E-state index < -0.39 is 0 Å². The van der Waals surface area contributed by atoms with Crippen molar-refractivity contribution in [1.29, 1.82) is 0 Å². The summed E-state index contributed by atoms with van der Waals surface area (Å²) < 4.78 is 25.0. The van der Waals surface area contributed by atoms with E-state index in [1.165, 1.54) is 6.07 Å². The van der Waals surface area contributed by atoms with E-state index >= 15 is 0 Å². The maximum absolute atomic E-state index is 13.6. The molecule has 4 nitrogen and oxygen atoms in total. The van der Waals surface area contributed by atoms with E-state index in [9.17, 15) is 4.39 Å². The SMILES string of the molecule is CCOc1cc(CNCCO)ccc1OCc1ccccc1F. The van der Waals surface area contributed by atoms with Crippen LogP contribution in [0, 0.1) is 5.82 Å². The second-order valence-electron chi connectivity index (χ2n) is 4.99. The van der Waals surface area contributed by atoms with Crippen LogP contribution < -0.4 is 14.8 Å². The van der Waals surface area contributed by atoms with E-state index in [2.05, 4.69) is 5.32 Å². The number of rotatable bonds is 9. The van der Waals surface area contributed by atoms with Crippen molar-refractivity contribution in [3.63, 3.8) is 0 Å². The van der Waals surface area contributed by atoms with Crippen LogP contribution in [0.1, 0.15) is 18.1 Å². The monoisotopic (exact) mass is 319 g/mol. The second kappa shape index (κ2) is 9.12. The van der Waals surface area contributed by atoms with E-state index in [1.54, 1.807) is 18.2 Å². The minimum Gasteiger partial charge on any atom is -0.490 e. The molecule has 0 radical (unpaired) electrons. The van der Waals surface area contributed by atoms with Crippen molar-refractivity contribution < 1.29 is 19.0 Å². The van der Waals surface area contributed by atoms with Crippen molar-refractivity contribution in [2.24, 2.45) is 0 Å². The molecule has 0 fully saturated rings. The Labute approximate surface area is 135 Å². The van der Waals surface area contributed by atoms with Crippen LogP contribution in [-0.2, 0) is 13.2 Å². The van der Waals surface area contributed by atoms with Crippen molar-refractivity contribution in [3.8, 4) is 11.5 Å². The van der Waals surface area contributed by atoms with Gasteiger partial charge in [-0.1, -0.05) is 24.3 Å². The number of nitrogens with one attached hydrogen (secondary N) is 1. The number of aliphatic hydroxyl groups is 1. The summed E-state index contributed by atoms with van der Waals surface area (Å²) in [7, 11) is 0. The van der Waals surface area contributed by atoms with E-state index in [0.29, 0.717) is 36.8 Å². The van der Waals surface area contributed by atoms with Gasteiger partial charge < -0.3 is 19.9 Å². The largest absolute Gasteiger partial charge is 0.490 e. The van der Waals surface area contributed by atoms with Crippen molar-refractivity contribution in [2.45, 2.75) is 20.1 Å². The number of aliphatic hydroxyl groups excluding tert-OH is 1. The summed E-state index contributed by atoms with van der Waals surface area (Å²) in [5.74, 6) is 0.934. The molecular formula is C18H22FNO3. The molecule has 0 aliphatic heterocycles. The molecule has 2 aromatic carbocycles. The standard InChI is InChI=1S/C18H22FNO3/c1-2-22-18-11-14(12-20-9-10-21)7-8-17(18)23-13-15-5-3-4-6-16(15)19/h3-8,11,20-21H,2,9-10,12-13H2,1H3. The van der Waals surface area contributed by atoms with Gasteiger partial charge in [0.05, 0.1) is 13.2 Å². The molecule has 0 saturated carbocycles. The highest BCUT2D eigenvalue weighted by atomic mass is 19.1. The van der Waals surface area contributed by atoms with Gasteiger partial charge in [0.1, 0.15) is 12.4 Å². The highest BCUT2D eigenvalue weighted by Gasteiger charge is 2.08. The lowest BCUT2D eigenvalue weighted by Crippen LogP contribution is -2.17. The predicted molar refractivity (Wildman–Crippen MR) is 87.1 cm³/mol. The molecular weight excluding hydrogens is 297 g/mol. The van der Waals surface area contributed by atoms with Crippen LogP contribution in [0.2, 0.25) is 0 Å². The Morgan fingerprint density at radius 2 is 1.91 bits per heavy atom. The fourth-order valence-electron chi connectivity index (χ4n) is 2.13. The average molecular weight is 319 g/mol. The van der Waals surface area contributed by atoms with Crippen molar-refractivity contribution in [3.05, 3.63) is 59.4 Å². The topological polar surface area (TPSA) is 50.7 Å². The summed E-state index contributed by atoms with van der Waals surface area (Å²) in [5, 5.41) is 11.9. The Bertz CT molecular complexity index is 619. The van der Waals surface area contributed by atoms with Gasteiger partial charge in [0.25, 0.3) is 0 Å². The van der Waals surface area contributed by atoms with Gasteiger partial charge in [-0.15, -0.1) is 0 Å². The normalized spacial score (nSPS) is 10.6. The summed E-state index contributed by atoms with van der Waals surface area (Å²) in [5.41, 5.74) is 1.53. The lowest BCUT2D eigenvalue weighted by atomic mass is 10.2. The summed E-state index contributed by atoms with van der Waals surface area (Å²) in [4.78, 5) is 0. The Morgan fingerprint density at radius 1 is 1.09 bits per heavy atom. The third kappa shape index (κ3) is 5.23. The average Bonchev–Trinajstić information content (AvgIpc) is 2.56. The van der Waals surface area contributed by atoms with Gasteiger partial charge in [0.2, 0.25) is 0 Å². The van der Waals surface area contributed by atoms with Crippen molar-refractivity contribution in [2.75, 3.05) is 19.8 Å². The fourth-order valence-corrected chi connectivity index (χ4v) is 2.13. The Hall–Kier alpha value is -2.11. The van der Waals surface area contributed by atoms with E-state index in [4.69, 9.17) is 14.6 Å². The first-order valence-corrected chi connectivity index (χ1v) is 7.68. The number of hydrogen-bond acceptors (Lipinski definition) is 4. The molecule has 0 spiro atoms. The molecule has 0 unspecified atom stereocenters. The summed E-state index contributed by atoms with van der Waals surface area (Å²) in [6.45, 7) is 3.83. The Morgan fingerprint density at radius 3 is 2.65 bits per heavy atom. The maximum atomic E-state index is 13.6. The highest BCUT2D eigenvalue weighted by molar-refractivity contribution is 5.43. The van der Waals surface area contributed by atoms with Gasteiger partial charge in [-0.25, -0.2) is 4.39 Å². The van der Waals surface area contributed by atoms with Gasteiger partial charge in [-0.05, 0) is 30.7 Å². The summed E-state index contributed by atoms with van der Waals surface area (Å²) >= 11 is 0. The number of halogens is 1. The van der Waals surface area contributed by atoms with Gasteiger partial charge in [0, 0.05) is 18.7 Å². The minimum atomic E-state index is -0.282. The van der Waals surface area contributed by atoms with Crippen LogP contribution in [-0.4, -0.2) is 24.9 Å². The van der Waals surface area contributed by atoms with E-state index in [1.807, 2.05) is 25.1 Å². The molecule has 2 aromatic rings. The first-order valence-electron chi connectivity index (χ1n) is 7.68. The van der Waals surface area contributed by atoms with Crippen LogP contribution >= 0.6 is 0 Å². The number of benzene rings is 2. The predicted octanol–water partition coefficient (Wildman–Crippen LogP) is 2.89. The quantitative estimate of drug-likeness (QED) is 0.698. The first-order chi connectivity index (χ1) is 11.2. The van der Waals surface area contributed by atoms with Crippen LogP contribution in [0.25, 0.3) is 0 Å². The minimum absolute atomic E-state index is 0.0994. The number of ether oxygens (including phenoxy) is 2. The number of hydrogen-bond donors (Lipinski definition) is 2. The fraction of sp³-hybridized carbons (Fsp3) is 0.333. The molecule has 0 atom stereocenters. The summed E-state index contributed by atoms with van der Waals surface area (Å²) in [6, 6.07) is 12.2. The third-order valence-corrected chi connectivity index (χ3v) is 3.27. The third-order valence-electron chi connectivity index (χ3n) is 3.27. The van der Waals surface area contributed by atoms with Gasteiger partial charge >= 0.3 is 0 Å². The molecule has 0 amide bonds. The maximum Gasteiger partial charge on any atom is 0.161 e. The lowest BCUT2D eigenvalue weighted by molar-refractivity contribution is 0.265. The molecule has 0 saturated heterocycles. The summed E-state index contributed by atoms with van der Waals surface area (Å²) in [6.07, 6.45) is 0. The Balaban J connectivity index is 2.06. The van der Waals surface area contributed by atoms with Crippen LogP contribution in [0.4, 0.5) is 4.39 Å². The second-order valence-corrected chi connectivity index (χ2v) is 4.99. The zero-order valence-corrected chi connectivity index (χ0v) is 13.2. The molecule has 0 bridgehead atoms. The van der Waals surface area contributed by atoms with Gasteiger partial charge in [0.15, 0.2) is 11.5 Å². The van der Waals surface area contributed by atoms with Crippen LogP contribution in [0.3, 0.4) is 0 Å². The lowest BCUT2D eigenvalue weighted by Gasteiger charge is -2.14. The van der Waals surface area contributed by atoms with Gasteiger partial charge in [-0.3, -0.25) is 0 Å². The molecule has 0 aliphatic carbocycles. The van der Waals surface area contributed by atoms with Crippen LogP contribution in [0.5, 0.6) is 11.5 Å². The van der Waals surface area contributed by atoms with Crippen molar-refractivity contribution in [1.82, 2.24) is 5.32 Å². The van der Waals surface area contributed by atoms with Crippen LogP contribution in [0.15, 0.2) is 42.5 Å². The Kier molecular flexibility index (Phi) is 6.84. The molecule has 2 rings (SSSR count). The highest BCUT2D eigenvalue weighted by Crippen LogP contribution is 2.29. The smallest absolute Gasteiger partial charge is 0.161 e. The van der Waals surface area contributed by atoms with E-state index in [-0.39, 0.29) is 19.0 Å². The molecule has 0 heterocycles. The molecule has 0 aromatic heterocycles. The zero-order chi connectivity index (χ0) is 16.5. The molecule has 2 N–H and O–H groups in total. The first kappa shape index (κ1) is 17.2. The van der Waals surface area contributed by atoms with Crippen molar-refractivity contribution >= 4 is 0 Å². The molecule has 5 heteroatoms. The van der Waals surface area contributed by atoms with E-state index in [0.717, 1.165) is 5.56 Å². The molecule has 0 aliphatic rings.